The third kappa shape index (κ3) is 1.10. The number of nitriles is 2. The molecule has 11 heavy (non-hydrogen) atoms. The summed E-state index contributed by atoms with van der Waals surface area (Å²) in [6, 6.07) is 1.83. The van der Waals surface area contributed by atoms with Crippen LogP contribution >= 0.6 is 0 Å². The summed E-state index contributed by atoms with van der Waals surface area (Å²) in [6.07, 6.45) is 4.61. The Labute approximate surface area is 63.6 Å². The second kappa shape index (κ2) is 2.68. The lowest BCUT2D eigenvalue weighted by Crippen LogP contribution is -1.87. The van der Waals surface area contributed by atoms with Crippen molar-refractivity contribution in [3.05, 3.63) is 24.3 Å². The topological polar surface area (TPSA) is 65.4 Å². The Morgan fingerprint density at radius 3 is 2.73 bits per heavy atom. The van der Waals surface area contributed by atoms with Crippen molar-refractivity contribution >= 4 is 6.08 Å². The Bertz CT molecular complexity index is 361. The minimum Gasteiger partial charge on any atom is -0.235 e. The molecular formula is C7H4N4. The molecule has 0 amide bonds. The van der Waals surface area contributed by atoms with Crippen LogP contribution in [-0.4, -0.2) is 9.55 Å². The molecular weight excluding hydrogens is 140 g/mol. The lowest BCUT2D eigenvalue weighted by Gasteiger charge is -1.84. The molecule has 1 rings (SSSR count). The summed E-state index contributed by atoms with van der Waals surface area (Å²) < 4.78 is 1.19. The van der Waals surface area contributed by atoms with Crippen molar-refractivity contribution in [2.75, 3.05) is 0 Å². The van der Waals surface area contributed by atoms with Crippen molar-refractivity contribution in [3.8, 4) is 12.3 Å². The van der Waals surface area contributed by atoms with E-state index in [1.54, 1.807) is 0 Å². The average Bonchev–Trinajstić information content (AvgIpc) is 2.46. The first kappa shape index (κ1) is 7.04. The first-order valence-corrected chi connectivity index (χ1v) is 2.84. The molecule has 0 N–H and O–H groups in total. The van der Waals surface area contributed by atoms with Crippen molar-refractivity contribution in [1.29, 1.82) is 10.5 Å². The second-order valence-electron chi connectivity index (χ2n) is 1.77. The van der Waals surface area contributed by atoms with E-state index in [1.165, 1.54) is 16.8 Å². The van der Waals surface area contributed by atoms with E-state index in [2.05, 4.69) is 11.6 Å². The highest BCUT2D eigenvalue weighted by molar-refractivity contribution is 5.41. The first-order chi connectivity index (χ1) is 5.31. The van der Waals surface area contributed by atoms with Gasteiger partial charge in [-0.15, -0.1) is 0 Å². The van der Waals surface area contributed by atoms with Crippen molar-refractivity contribution in [2.24, 2.45) is 0 Å². The number of nitrogens with zero attached hydrogens (tertiary/aromatic N) is 4. The van der Waals surface area contributed by atoms with Crippen LogP contribution in [0.15, 0.2) is 12.8 Å². The van der Waals surface area contributed by atoms with E-state index in [4.69, 9.17) is 10.5 Å². The van der Waals surface area contributed by atoms with Gasteiger partial charge >= 0.3 is 0 Å². The predicted molar refractivity (Wildman–Crippen MR) is 38.0 cm³/mol. The quantitative estimate of drug-likeness (QED) is 0.583. The van der Waals surface area contributed by atoms with Crippen LogP contribution in [0.3, 0.4) is 0 Å². The van der Waals surface area contributed by atoms with Gasteiger partial charge in [-0.05, 0) is 6.08 Å². The zero-order valence-electron chi connectivity index (χ0n) is 5.65. The van der Waals surface area contributed by atoms with Crippen LogP contribution in [-0.2, 0) is 0 Å². The molecule has 1 aromatic rings. The van der Waals surface area contributed by atoms with Crippen molar-refractivity contribution in [3.63, 3.8) is 0 Å². The first-order valence-electron chi connectivity index (χ1n) is 2.84. The molecule has 0 aliphatic heterocycles. The van der Waals surface area contributed by atoms with Crippen LogP contribution < -0.4 is 0 Å². The van der Waals surface area contributed by atoms with Crippen LogP contribution in [0.5, 0.6) is 0 Å². The van der Waals surface area contributed by atoms with E-state index < -0.39 is 0 Å². The highest BCUT2D eigenvalue weighted by Crippen LogP contribution is 2.01. The van der Waals surface area contributed by atoms with Crippen molar-refractivity contribution < 1.29 is 0 Å². The standard InChI is InChI=1S/C7H4N4/c1-2-7-10-6(3-8)4-11(7)5-9/h2,4H,1H2. The molecule has 1 aromatic heterocycles. The Hall–Kier alpha value is -2.07. The fourth-order valence-electron chi connectivity index (χ4n) is 0.673. The zero-order chi connectivity index (χ0) is 8.27. The minimum absolute atomic E-state index is 0.224. The SMILES string of the molecule is C=Cc1nc(C#N)cn1C#N. The van der Waals surface area contributed by atoms with Crippen LogP contribution in [0.25, 0.3) is 6.08 Å². The lowest BCUT2D eigenvalue weighted by atomic mass is 10.5. The van der Waals surface area contributed by atoms with E-state index in [0.717, 1.165) is 0 Å². The molecule has 4 nitrogen and oxygen atoms in total. The molecule has 0 aliphatic rings. The molecule has 0 spiro atoms. The molecule has 0 fully saturated rings. The molecule has 1 heterocycles. The molecule has 0 saturated carbocycles. The molecule has 52 valence electrons. The number of aromatic nitrogens is 2. The highest BCUT2D eigenvalue weighted by atomic mass is 15.1. The number of hydrogen-bond donors (Lipinski definition) is 0. The monoisotopic (exact) mass is 144 g/mol. The molecule has 0 bridgehead atoms. The highest BCUT2D eigenvalue weighted by Gasteiger charge is 2.01. The van der Waals surface area contributed by atoms with Gasteiger partial charge in [-0.3, -0.25) is 0 Å². The Morgan fingerprint density at radius 2 is 2.36 bits per heavy atom. The van der Waals surface area contributed by atoms with Crippen molar-refractivity contribution in [2.45, 2.75) is 0 Å². The molecule has 4 heteroatoms. The summed E-state index contributed by atoms with van der Waals surface area (Å²) in [6.45, 7) is 3.44. The Kier molecular flexibility index (Phi) is 1.71. The van der Waals surface area contributed by atoms with Gasteiger partial charge in [0.25, 0.3) is 0 Å². The van der Waals surface area contributed by atoms with E-state index in [-0.39, 0.29) is 5.69 Å². The largest absolute Gasteiger partial charge is 0.235 e. The Balaban J connectivity index is 3.28. The normalized spacial score (nSPS) is 8.18. The number of rotatable bonds is 1. The Morgan fingerprint density at radius 1 is 1.64 bits per heavy atom. The summed E-state index contributed by atoms with van der Waals surface area (Å²) in [5, 5.41) is 16.9. The van der Waals surface area contributed by atoms with Crippen LogP contribution in [0.2, 0.25) is 0 Å². The summed E-state index contributed by atoms with van der Waals surface area (Å²) in [4.78, 5) is 3.78. The number of hydrogen-bond acceptors (Lipinski definition) is 3. The van der Waals surface area contributed by atoms with E-state index >= 15 is 0 Å². The summed E-state index contributed by atoms with van der Waals surface area (Å²) in [5.74, 6) is 0.393. The van der Waals surface area contributed by atoms with Crippen LogP contribution in [0.1, 0.15) is 11.5 Å². The van der Waals surface area contributed by atoms with Gasteiger partial charge in [0.15, 0.2) is 11.9 Å². The fourth-order valence-corrected chi connectivity index (χ4v) is 0.673. The van der Waals surface area contributed by atoms with Gasteiger partial charge in [0.1, 0.15) is 11.9 Å². The summed E-state index contributed by atoms with van der Waals surface area (Å²) >= 11 is 0. The van der Waals surface area contributed by atoms with E-state index in [9.17, 15) is 0 Å². The summed E-state index contributed by atoms with van der Waals surface area (Å²) in [7, 11) is 0. The smallest absolute Gasteiger partial charge is 0.190 e. The van der Waals surface area contributed by atoms with Crippen LogP contribution in [0.4, 0.5) is 0 Å². The molecule has 0 aliphatic carbocycles. The summed E-state index contributed by atoms with van der Waals surface area (Å²) in [5.41, 5.74) is 0.224. The maximum Gasteiger partial charge on any atom is 0.190 e. The van der Waals surface area contributed by atoms with E-state index in [1.807, 2.05) is 12.3 Å². The molecule has 0 radical (unpaired) electrons. The van der Waals surface area contributed by atoms with Gasteiger partial charge in [-0.25, -0.2) is 9.55 Å². The molecule has 0 unspecified atom stereocenters. The molecule has 0 atom stereocenters. The number of imidazole rings is 1. The third-order valence-corrected chi connectivity index (χ3v) is 1.14. The van der Waals surface area contributed by atoms with Gasteiger partial charge in [-0.1, -0.05) is 6.58 Å². The van der Waals surface area contributed by atoms with Gasteiger partial charge in [0, 0.05) is 0 Å². The van der Waals surface area contributed by atoms with E-state index in [0.29, 0.717) is 5.82 Å². The predicted octanol–water partition coefficient (Wildman–Crippen LogP) is 0.727. The fraction of sp³-hybridized carbons (Fsp3) is 0. The zero-order valence-corrected chi connectivity index (χ0v) is 5.65. The third-order valence-electron chi connectivity index (χ3n) is 1.14. The lowest BCUT2D eigenvalue weighted by molar-refractivity contribution is 1.05. The van der Waals surface area contributed by atoms with Gasteiger partial charge in [0.2, 0.25) is 0 Å². The van der Waals surface area contributed by atoms with Crippen LogP contribution in [0, 0.1) is 22.8 Å². The second-order valence-corrected chi connectivity index (χ2v) is 1.77. The van der Waals surface area contributed by atoms with Crippen molar-refractivity contribution in [1.82, 2.24) is 9.55 Å². The van der Waals surface area contributed by atoms with Gasteiger partial charge < -0.3 is 0 Å². The minimum atomic E-state index is 0.224. The molecule has 0 aromatic carbocycles. The van der Waals surface area contributed by atoms with Gasteiger partial charge in [0.05, 0.1) is 6.20 Å². The van der Waals surface area contributed by atoms with Gasteiger partial charge in [-0.2, -0.15) is 10.5 Å². The average molecular weight is 144 g/mol. The maximum atomic E-state index is 8.47. The maximum absolute atomic E-state index is 8.47. The molecule has 0 saturated heterocycles.